The lowest BCUT2D eigenvalue weighted by molar-refractivity contribution is -0.130. The molecule has 146 valence electrons. The van der Waals surface area contributed by atoms with Crippen molar-refractivity contribution >= 4 is 23.9 Å². The Hall–Kier alpha value is -1.49. The van der Waals surface area contributed by atoms with E-state index < -0.39 is 0 Å². The Morgan fingerprint density at radius 2 is 1.81 bits per heavy atom. The fourth-order valence-corrected chi connectivity index (χ4v) is 6.44. The van der Waals surface area contributed by atoms with Gasteiger partial charge in [0, 0.05) is 10.9 Å². The van der Waals surface area contributed by atoms with Gasteiger partial charge in [-0.2, -0.15) is 0 Å². The molecule has 4 aliphatic rings. The summed E-state index contributed by atoms with van der Waals surface area (Å²) < 4.78 is 0. The van der Waals surface area contributed by atoms with Crippen molar-refractivity contribution in [1.82, 2.24) is 5.32 Å². The SMILES string of the molecule is CSc1ccc(C=NOCC(=O)N[C@H](C)C23CC4CC(CC(C4)C2)C3)cc1. The molecule has 5 rings (SSSR count). The minimum atomic E-state index is -0.0619. The summed E-state index contributed by atoms with van der Waals surface area (Å²) in [6.07, 6.45) is 11.9. The van der Waals surface area contributed by atoms with Crippen molar-refractivity contribution in [3.05, 3.63) is 29.8 Å². The Morgan fingerprint density at radius 3 is 2.37 bits per heavy atom. The number of amides is 1. The number of carbonyl (C=O) groups excluding carboxylic acids is 1. The van der Waals surface area contributed by atoms with Crippen LogP contribution in [0.2, 0.25) is 0 Å². The van der Waals surface area contributed by atoms with Crippen LogP contribution >= 0.6 is 11.8 Å². The van der Waals surface area contributed by atoms with Gasteiger partial charge < -0.3 is 10.2 Å². The largest absolute Gasteiger partial charge is 0.386 e. The molecule has 0 unspecified atom stereocenters. The van der Waals surface area contributed by atoms with E-state index in [1.807, 2.05) is 24.3 Å². The molecule has 4 nitrogen and oxygen atoms in total. The summed E-state index contributed by atoms with van der Waals surface area (Å²) >= 11 is 1.71. The summed E-state index contributed by atoms with van der Waals surface area (Å²) in [6, 6.07) is 8.31. The van der Waals surface area contributed by atoms with E-state index in [2.05, 4.69) is 23.7 Å². The normalized spacial score (nSPS) is 32.6. The summed E-state index contributed by atoms with van der Waals surface area (Å²) in [5, 5.41) is 7.15. The van der Waals surface area contributed by atoms with Gasteiger partial charge in [-0.3, -0.25) is 4.79 Å². The summed E-state index contributed by atoms with van der Waals surface area (Å²) in [5.41, 5.74) is 1.29. The highest BCUT2D eigenvalue weighted by Gasteiger charge is 2.53. The molecule has 4 bridgehead atoms. The van der Waals surface area contributed by atoms with Crippen molar-refractivity contribution in [3.63, 3.8) is 0 Å². The minimum absolute atomic E-state index is 0.0178. The van der Waals surface area contributed by atoms with E-state index in [1.54, 1.807) is 18.0 Å². The van der Waals surface area contributed by atoms with Crippen LogP contribution in [0.15, 0.2) is 34.3 Å². The van der Waals surface area contributed by atoms with Crippen LogP contribution in [-0.2, 0) is 9.63 Å². The van der Waals surface area contributed by atoms with Gasteiger partial charge in [-0.15, -0.1) is 11.8 Å². The lowest BCUT2D eigenvalue weighted by Crippen LogP contribution is -2.56. The fraction of sp³-hybridized carbons (Fsp3) is 0.636. The van der Waals surface area contributed by atoms with E-state index in [0.29, 0.717) is 5.41 Å². The van der Waals surface area contributed by atoms with Crippen molar-refractivity contribution in [2.24, 2.45) is 28.3 Å². The zero-order valence-corrected chi connectivity index (χ0v) is 17.1. The summed E-state index contributed by atoms with van der Waals surface area (Å²) in [7, 11) is 0. The highest BCUT2D eigenvalue weighted by atomic mass is 32.2. The van der Waals surface area contributed by atoms with Crippen LogP contribution in [0.1, 0.15) is 51.0 Å². The van der Waals surface area contributed by atoms with Gasteiger partial charge in [0.05, 0.1) is 6.21 Å². The second-order valence-corrected chi connectivity index (χ2v) is 9.73. The van der Waals surface area contributed by atoms with E-state index >= 15 is 0 Å². The van der Waals surface area contributed by atoms with Gasteiger partial charge in [-0.1, -0.05) is 17.3 Å². The van der Waals surface area contributed by atoms with Crippen molar-refractivity contribution in [2.45, 2.75) is 56.4 Å². The smallest absolute Gasteiger partial charge is 0.261 e. The summed E-state index contributed by atoms with van der Waals surface area (Å²) in [6.45, 7) is 2.18. The molecule has 1 N–H and O–H groups in total. The standard InChI is InChI=1S/C22H30N2O2S/c1-15(22-10-17-7-18(11-22)9-19(8-17)12-22)24-21(25)14-26-23-13-16-3-5-20(27-2)6-4-16/h3-6,13,15,17-19H,7-12,14H2,1-2H3,(H,24,25)/t15-,17?,18?,19?,22?/m1/s1. The number of carbonyl (C=O) groups is 1. The van der Waals surface area contributed by atoms with Crippen LogP contribution in [-0.4, -0.2) is 31.0 Å². The van der Waals surface area contributed by atoms with Gasteiger partial charge in [-0.05, 0) is 92.6 Å². The molecule has 27 heavy (non-hydrogen) atoms. The molecule has 0 aromatic heterocycles. The van der Waals surface area contributed by atoms with Crippen LogP contribution in [0.25, 0.3) is 0 Å². The number of oxime groups is 1. The Morgan fingerprint density at radius 1 is 1.22 bits per heavy atom. The first-order valence-electron chi connectivity index (χ1n) is 10.1. The first kappa shape index (κ1) is 18.9. The minimum Gasteiger partial charge on any atom is -0.386 e. The number of hydrogen-bond acceptors (Lipinski definition) is 4. The predicted octanol–water partition coefficient (Wildman–Crippen LogP) is 4.48. The lowest BCUT2D eigenvalue weighted by atomic mass is 9.48. The summed E-state index contributed by atoms with van der Waals surface area (Å²) in [4.78, 5) is 18.8. The van der Waals surface area contributed by atoms with Gasteiger partial charge in [0.15, 0.2) is 6.61 Å². The van der Waals surface area contributed by atoms with Crippen molar-refractivity contribution in [1.29, 1.82) is 0 Å². The molecule has 0 heterocycles. The molecule has 0 spiro atoms. The maximum Gasteiger partial charge on any atom is 0.261 e. The lowest BCUT2D eigenvalue weighted by Gasteiger charge is -2.59. The molecule has 0 aliphatic heterocycles. The molecule has 4 saturated carbocycles. The molecular formula is C22H30N2O2S. The number of thioether (sulfide) groups is 1. The van der Waals surface area contributed by atoms with Crippen LogP contribution in [0, 0.1) is 23.2 Å². The maximum atomic E-state index is 12.3. The molecule has 5 heteroatoms. The second-order valence-electron chi connectivity index (χ2n) is 8.85. The monoisotopic (exact) mass is 386 g/mol. The fourth-order valence-electron chi connectivity index (χ4n) is 6.03. The molecule has 1 aromatic rings. The average molecular weight is 387 g/mol. The zero-order valence-electron chi connectivity index (χ0n) is 16.3. The predicted molar refractivity (Wildman–Crippen MR) is 110 cm³/mol. The Bertz CT molecular complexity index is 665. The third-order valence-electron chi connectivity index (χ3n) is 6.97. The maximum absolute atomic E-state index is 12.3. The molecule has 1 amide bonds. The number of nitrogens with zero attached hydrogens (tertiary/aromatic N) is 1. The van der Waals surface area contributed by atoms with Crippen molar-refractivity contribution in [3.8, 4) is 0 Å². The quantitative estimate of drug-likeness (QED) is 0.427. The number of benzene rings is 1. The summed E-state index contributed by atoms with van der Waals surface area (Å²) in [5.74, 6) is 2.63. The van der Waals surface area contributed by atoms with E-state index in [1.165, 1.54) is 43.4 Å². The third-order valence-corrected chi connectivity index (χ3v) is 7.71. The Balaban J connectivity index is 1.25. The van der Waals surface area contributed by atoms with Crippen LogP contribution < -0.4 is 5.32 Å². The topological polar surface area (TPSA) is 50.7 Å². The van der Waals surface area contributed by atoms with Gasteiger partial charge in [0.1, 0.15) is 0 Å². The highest BCUT2D eigenvalue weighted by Crippen LogP contribution is 2.61. The van der Waals surface area contributed by atoms with Gasteiger partial charge in [0.2, 0.25) is 0 Å². The third kappa shape index (κ3) is 4.18. The second kappa shape index (κ2) is 7.86. The van der Waals surface area contributed by atoms with Crippen LogP contribution in [0.5, 0.6) is 0 Å². The Labute approximate surface area is 166 Å². The number of nitrogens with one attached hydrogen (secondary N) is 1. The van der Waals surface area contributed by atoms with Gasteiger partial charge in [0.25, 0.3) is 5.91 Å². The average Bonchev–Trinajstić information content (AvgIpc) is 2.64. The number of hydrogen-bond donors (Lipinski definition) is 1. The zero-order chi connectivity index (χ0) is 18.9. The highest BCUT2D eigenvalue weighted by molar-refractivity contribution is 7.98. The molecule has 0 saturated heterocycles. The van der Waals surface area contributed by atoms with Crippen molar-refractivity contribution in [2.75, 3.05) is 12.9 Å². The van der Waals surface area contributed by atoms with Crippen LogP contribution in [0.3, 0.4) is 0 Å². The molecule has 1 atom stereocenters. The number of rotatable bonds is 7. The van der Waals surface area contributed by atoms with Gasteiger partial charge >= 0.3 is 0 Å². The van der Waals surface area contributed by atoms with Crippen molar-refractivity contribution < 1.29 is 9.63 Å². The Kier molecular flexibility index (Phi) is 5.49. The first-order chi connectivity index (χ1) is 13.1. The van der Waals surface area contributed by atoms with E-state index in [0.717, 1.165) is 23.3 Å². The molecule has 1 aromatic carbocycles. The van der Waals surface area contributed by atoms with E-state index in [-0.39, 0.29) is 18.6 Å². The molecule has 4 aliphatic carbocycles. The van der Waals surface area contributed by atoms with Crippen LogP contribution in [0.4, 0.5) is 0 Å². The molecule has 0 radical (unpaired) electrons. The molecule has 4 fully saturated rings. The molecular weight excluding hydrogens is 356 g/mol. The van der Waals surface area contributed by atoms with Gasteiger partial charge in [-0.25, -0.2) is 0 Å². The first-order valence-corrected chi connectivity index (χ1v) is 11.4. The van der Waals surface area contributed by atoms with E-state index in [4.69, 9.17) is 4.84 Å². The van der Waals surface area contributed by atoms with E-state index in [9.17, 15) is 4.79 Å².